The number of thioether (sulfide) groups is 1. The molecule has 5 nitrogen and oxygen atoms in total. The number of furan rings is 1. The number of carbonyl (C=O) groups is 3. The Morgan fingerprint density at radius 2 is 1.92 bits per heavy atom. The fourth-order valence-electron chi connectivity index (χ4n) is 2.17. The quantitative estimate of drug-likeness (QED) is 0.561. The van der Waals surface area contributed by atoms with Crippen LogP contribution in [0.15, 0.2) is 50.2 Å². The van der Waals surface area contributed by atoms with Gasteiger partial charge in [0.05, 0.1) is 11.4 Å². The summed E-state index contributed by atoms with van der Waals surface area (Å²) in [5.41, 5.74) is 0.447. The predicted molar refractivity (Wildman–Crippen MR) is 94.6 cm³/mol. The molecule has 2 amide bonds. The highest BCUT2D eigenvalue weighted by Crippen LogP contribution is 2.32. The third kappa shape index (κ3) is 3.52. The van der Waals surface area contributed by atoms with Crippen molar-refractivity contribution >= 4 is 50.7 Å². The number of ketones is 1. The summed E-state index contributed by atoms with van der Waals surface area (Å²) in [6, 6.07) is 10.3. The van der Waals surface area contributed by atoms with Gasteiger partial charge in [0.1, 0.15) is 11.5 Å². The van der Waals surface area contributed by atoms with Crippen molar-refractivity contribution in [2.75, 3.05) is 6.54 Å². The van der Waals surface area contributed by atoms with Crippen LogP contribution in [0, 0.1) is 6.92 Å². The molecule has 0 spiro atoms. The summed E-state index contributed by atoms with van der Waals surface area (Å²) in [6.45, 7) is 1.51. The minimum atomic E-state index is -0.482. The zero-order valence-electron chi connectivity index (χ0n) is 12.6. The Hall–Kier alpha value is -2.12. The van der Waals surface area contributed by atoms with E-state index < -0.39 is 11.1 Å². The van der Waals surface area contributed by atoms with E-state index in [0.29, 0.717) is 17.1 Å². The van der Waals surface area contributed by atoms with Crippen LogP contribution in [0.1, 0.15) is 21.9 Å². The van der Waals surface area contributed by atoms with Gasteiger partial charge in [0.25, 0.3) is 11.1 Å². The molecule has 3 rings (SSSR count). The maximum atomic E-state index is 12.4. The minimum absolute atomic E-state index is 0.248. The van der Waals surface area contributed by atoms with Gasteiger partial charge >= 0.3 is 0 Å². The van der Waals surface area contributed by atoms with Gasteiger partial charge in [-0.15, -0.1) is 0 Å². The number of nitrogens with zero attached hydrogens (tertiary/aromatic N) is 1. The zero-order chi connectivity index (χ0) is 17.3. The highest BCUT2D eigenvalue weighted by molar-refractivity contribution is 9.10. The maximum Gasteiger partial charge on any atom is 0.293 e. The Morgan fingerprint density at radius 1 is 1.21 bits per heavy atom. The number of amides is 2. The largest absolute Gasteiger partial charge is 0.462 e. The molecule has 1 aliphatic heterocycles. The summed E-state index contributed by atoms with van der Waals surface area (Å²) in [5, 5.41) is -0.458. The van der Waals surface area contributed by atoms with Gasteiger partial charge in [0.15, 0.2) is 5.78 Å². The van der Waals surface area contributed by atoms with Crippen LogP contribution in [0.3, 0.4) is 0 Å². The van der Waals surface area contributed by atoms with Crippen molar-refractivity contribution in [3.8, 4) is 0 Å². The van der Waals surface area contributed by atoms with E-state index in [1.807, 2.05) is 0 Å². The van der Waals surface area contributed by atoms with E-state index in [4.69, 9.17) is 4.42 Å². The fraction of sp³-hybridized carbons (Fsp3) is 0.118. The Bertz CT molecular complexity index is 854. The Labute approximate surface area is 150 Å². The van der Waals surface area contributed by atoms with Crippen LogP contribution in [0.5, 0.6) is 0 Å². The average Bonchev–Trinajstić information content (AvgIpc) is 3.06. The van der Waals surface area contributed by atoms with E-state index in [2.05, 4.69) is 15.9 Å². The van der Waals surface area contributed by atoms with Crippen molar-refractivity contribution in [2.24, 2.45) is 0 Å². The zero-order valence-corrected chi connectivity index (χ0v) is 15.0. The van der Waals surface area contributed by atoms with Gasteiger partial charge in [0, 0.05) is 16.1 Å². The van der Waals surface area contributed by atoms with Gasteiger partial charge in [-0.2, -0.15) is 0 Å². The van der Waals surface area contributed by atoms with Crippen molar-refractivity contribution in [1.82, 2.24) is 4.90 Å². The molecule has 24 heavy (non-hydrogen) atoms. The molecule has 122 valence electrons. The van der Waals surface area contributed by atoms with Crippen LogP contribution in [-0.2, 0) is 4.79 Å². The van der Waals surface area contributed by atoms with Gasteiger partial charge in [-0.25, -0.2) is 0 Å². The topological polar surface area (TPSA) is 67.6 Å². The molecule has 0 N–H and O–H groups in total. The monoisotopic (exact) mass is 405 g/mol. The summed E-state index contributed by atoms with van der Waals surface area (Å²) in [6.07, 6.45) is 1.52. The van der Waals surface area contributed by atoms with Crippen LogP contribution in [0.2, 0.25) is 0 Å². The first-order valence-corrected chi connectivity index (χ1v) is 8.65. The number of hydrogen-bond acceptors (Lipinski definition) is 5. The normalized spacial score (nSPS) is 16.2. The average molecular weight is 406 g/mol. The molecule has 0 atom stereocenters. The number of carbonyl (C=O) groups excluding carboxylic acids is 3. The molecule has 0 bridgehead atoms. The molecule has 2 heterocycles. The van der Waals surface area contributed by atoms with Crippen molar-refractivity contribution in [3.05, 3.63) is 62.9 Å². The summed E-state index contributed by atoms with van der Waals surface area (Å²) in [7, 11) is 0. The van der Waals surface area contributed by atoms with Crippen molar-refractivity contribution in [2.45, 2.75) is 6.92 Å². The van der Waals surface area contributed by atoms with Crippen molar-refractivity contribution in [3.63, 3.8) is 0 Å². The molecule has 7 heteroatoms. The molecule has 2 aromatic rings. The van der Waals surface area contributed by atoms with Crippen LogP contribution < -0.4 is 0 Å². The van der Waals surface area contributed by atoms with Crippen LogP contribution in [0.25, 0.3) is 6.08 Å². The molecule has 0 saturated carbocycles. The SMILES string of the molecule is Cc1ccc(/C=C2/SC(=O)N(CC(=O)c3ccc(Br)cc3)C2=O)o1. The number of hydrogen-bond donors (Lipinski definition) is 0. The van der Waals surface area contributed by atoms with E-state index in [9.17, 15) is 14.4 Å². The van der Waals surface area contributed by atoms with E-state index >= 15 is 0 Å². The van der Waals surface area contributed by atoms with Crippen LogP contribution >= 0.6 is 27.7 Å². The molecule has 1 aliphatic rings. The second-order valence-electron chi connectivity index (χ2n) is 5.15. The summed E-state index contributed by atoms with van der Waals surface area (Å²) in [4.78, 5) is 37.9. The molecular weight excluding hydrogens is 394 g/mol. The number of imide groups is 1. The number of aryl methyl sites for hydroxylation is 1. The van der Waals surface area contributed by atoms with Crippen LogP contribution in [-0.4, -0.2) is 28.4 Å². The van der Waals surface area contributed by atoms with Gasteiger partial charge in [0.2, 0.25) is 0 Å². The second-order valence-corrected chi connectivity index (χ2v) is 7.06. The van der Waals surface area contributed by atoms with Crippen molar-refractivity contribution < 1.29 is 18.8 Å². The number of benzene rings is 1. The Kier molecular flexibility index (Phi) is 4.73. The molecule has 1 aromatic carbocycles. The third-order valence-corrected chi connectivity index (χ3v) is 4.81. The molecule has 0 radical (unpaired) electrons. The molecule has 0 unspecified atom stereocenters. The van der Waals surface area contributed by atoms with E-state index in [1.165, 1.54) is 6.08 Å². The standard InChI is InChI=1S/C17H12BrNO4S/c1-10-2-7-13(23-10)8-15-16(21)19(17(22)24-15)9-14(20)11-3-5-12(18)6-4-11/h2-8H,9H2,1H3/b15-8+. The lowest BCUT2D eigenvalue weighted by Crippen LogP contribution is -2.33. The Balaban J connectivity index is 1.76. The summed E-state index contributed by atoms with van der Waals surface area (Å²) < 4.78 is 6.23. The van der Waals surface area contributed by atoms with Crippen molar-refractivity contribution in [1.29, 1.82) is 0 Å². The smallest absolute Gasteiger partial charge is 0.293 e. The van der Waals surface area contributed by atoms with Gasteiger partial charge in [-0.1, -0.05) is 28.1 Å². The minimum Gasteiger partial charge on any atom is -0.462 e. The lowest BCUT2D eigenvalue weighted by Gasteiger charge is -2.11. The third-order valence-electron chi connectivity index (χ3n) is 3.38. The first-order valence-electron chi connectivity index (χ1n) is 7.04. The molecule has 0 aliphatic carbocycles. The van der Waals surface area contributed by atoms with Crippen LogP contribution in [0.4, 0.5) is 4.79 Å². The number of halogens is 1. The highest BCUT2D eigenvalue weighted by Gasteiger charge is 2.36. The fourth-order valence-corrected chi connectivity index (χ4v) is 3.25. The highest BCUT2D eigenvalue weighted by atomic mass is 79.9. The molecule has 1 fully saturated rings. The van der Waals surface area contributed by atoms with Gasteiger partial charge < -0.3 is 4.42 Å². The molecular formula is C17H12BrNO4S. The first-order chi connectivity index (χ1) is 11.4. The van der Waals surface area contributed by atoms with E-state index in [-0.39, 0.29) is 17.2 Å². The lowest BCUT2D eigenvalue weighted by molar-refractivity contribution is -0.122. The summed E-state index contributed by atoms with van der Waals surface area (Å²) >= 11 is 4.10. The molecule has 1 aromatic heterocycles. The number of rotatable bonds is 4. The van der Waals surface area contributed by atoms with Gasteiger partial charge in [-0.3, -0.25) is 19.3 Å². The molecule has 1 saturated heterocycles. The van der Waals surface area contributed by atoms with E-state index in [0.717, 1.165) is 21.1 Å². The predicted octanol–water partition coefficient (Wildman–Crippen LogP) is 4.27. The Morgan fingerprint density at radius 3 is 2.54 bits per heavy atom. The van der Waals surface area contributed by atoms with E-state index in [1.54, 1.807) is 43.3 Å². The number of Topliss-reactive ketones (excluding diaryl/α,β-unsaturated/α-hetero) is 1. The summed E-state index contributed by atoms with van der Waals surface area (Å²) in [5.74, 6) is 0.438. The van der Waals surface area contributed by atoms with Gasteiger partial charge in [-0.05, 0) is 43.0 Å². The lowest BCUT2D eigenvalue weighted by atomic mass is 10.1. The maximum absolute atomic E-state index is 12.4. The second kappa shape index (κ2) is 6.78. The first kappa shape index (κ1) is 16.7.